The average molecular weight is 385 g/mol. The molecule has 0 unspecified atom stereocenters. The summed E-state index contributed by atoms with van der Waals surface area (Å²) < 4.78 is 16.1. The van der Waals surface area contributed by atoms with Crippen LogP contribution in [0.25, 0.3) is 0 Å². The highest BCUT2D eigenvalue weighted by Crippen LogP contribution is 2.38. The third kappa shape index (κ3) is 3.63. The van der Waals surface area contributed by atoms with E-state index in [-0.39, 0.29) is 17.8 Å². The quantitative estimate of drug-likeness (QED) is 0.754. The Kier molecular flexibility index (Phi) is 5.77. The fraction of sp³-hybridized carbons (Fsp3) is 0.455. The van der Waals surface area contributed by atoms with Crippen molar-refractivity contribution in [1.82, 2.24) is 4.98 Å². The van der Waals surface area contributed by atoms with Gasteiger partial charge in [-0.3, -0.25) is 4.79 Å². The second-order valence-electron chi connectivity index (χ2n) is 7.25. The fourth-order valence-electron chi connectivity index (χ4n) is 3.70. The highest BCUT2D eigenvalue weighted by atomic mass is 16.5. The molecule has 28 heavy (non-hydrogen) atoms. The molecule has 0 aliphatic heterocycles. The number of carbonyl (C=O) groups excluding carboxylic acids is 2. The van der Waals surface area contributed by atoms with E-state index in [9.17, 15) is 9.59 Å². The number of nitrogens with one attached hydrogen (secondary N) is 1. The van der Waals surface area contributed by atoms with Gasteiger partial charge < -0.3 is 19.2 Å². The zero-order chi connectivity index (χ0) is 20.4. The third-order valence-corrected chi connectivity index (χ3v) is 5.46. The first-order valence-electron chi connectivity index (χ1n) is 9.57. The van der Waals surface area contributed by atoms with Crippen molar-refractivity contribution in [3.05, 3.63) is 46.3 Å². The van der Waals surface area contributed by atoms with Crippen molar-refractivity contribution in [2.24, 2.45) is 0 Å². The first-order chi connectivity index (χ1) is 13.4. The molecule has 150 valence electrons. The van der Waals surface area contributed by atoms with E-state index in [4.69, 9.17) is 14.2 Å². The third-order valence-electron chi connectivity index (χ3n) is 5.46. The molecule has 2 atom stereocenters. The number of methoxy groups -OCH3 is 2. The van der Waals surface area contributed by atoms with E-state index in [0.29, 0.717) is 41.2 Å². The van der Waals surface area contributed by atoms with Gasteiger partial charge in [0.05, 0.1) is 20.3 Å². The summed E-state index contributed by atoms with van der Waals surface area (Å²) in [6, 6.07) is 5.72. The Bertz CT molecular complexity index is 899. The van der Waals surface area contributed by atoms with Gasteiger partial charge in [0, 0.05) is 17.7 Å². The molecule has 1 heterocycles. The van der Waals surface area contributed by atoms with Crippen molar-refractivity contribution < 1.29 is 23.8 Å². The molecule has 1 aliphatic carbocycles. The minimum absolute atomic E-state index is 0.0105. The summed E-state index contributed by atoms with van der Waals surface area (Å²) in [6.07, 6.45) is 1.61. The zero-order valence-electron chi connectivity index (χ0n) is 17.0. The minimum Gasteiger partial charge on any atom is -0.493 e. The number of benzene rings is 1. The number of Topliss-reactive ketones (excluding diaryl/α,β-unsaturated/α-hetero) is 1. The average Bonchev–Trinajstić information content (AvgIpc) is 3.04. The highest BCUT2D eigenvalue weighted by molar-refractivity contribution is 6.03. The van der Waals surface area contributed by atoms with E-state index in [1.807, 2.05) is 32.0 Å². The molecule has 1 aliphatic rings. The molecule has 1 aromatic heterocycles. The van der Waals surface area contributed by atoms with Crippen LogP contribution in [0.2, 0.25) is 0 Å². The van der Waals surface area contributed by atoms with Gasteiger partial charge in [-0.2, -0.15) is 0 Å². The van der Waals surface area contributed by atoms with E-state index in [1.165, 1.54) is 0 Å². The van der Waals surface area contributed by atoms with E-state index in [0.717, 1.165) is 17.7 Å². The van der Waals surface area contributed by atoms with Crippen molar-refractivity contribution in [3.8, 4) is 11.5 Å². The summed E-state index contributed by atoms with van der Waals surface area (Å²) in [5.41, 5.74) is 3.50. The van der Waals surface area contributed by atoms with Gasteiger partial charge in [-0.15, -0.1) is 0 Å². The van der Waals surface area contributed by atoms with Crippen LogP contribution in [-0.2, 0) is 11.2 Å². The maximum Gasteiger partial charge on any atom is 0.355 e. The Hall–Kier alpha value is -2.76. The van der Waals surface area contributed by atoms with Crippen molar-refractivity contribution in [2.45, 2.75) is 52.1 Å². The van der Waals surface area contributed by atoms with E-state index in [1.54, 1.807) is 21.1 Å². The fourth-order valence-corrected chi connectivity index (χ4v) is 3.70. The lowest BCUT2D eigenvalue weighted by Crippen LogP contribution is -2.18. The number of rotatable bonds is 6. The van der Waals surface area contributed by atoms with Gasteiger partial charge in [-0.25, -0.2) is 4.79 Å². The smallest absolute Gasteiger partial charge is 0.355 e. The number of esters is 1. The number of ether oxygens (including phenoxy) is 3. The van der Waals surface area contributed by atoms with Crippen LogP contribution in [0.1, 0.15) is 70.3 Å². The first kappa shape index (κ1) is 20.0. The lowest BCUT2D eigenvalue weighted by atomic mass is 9.81. The highest BCUT2D eigenvalue weighted by Gasteiger charge is 2.32. The standard InChI is InChI=1S/C22H27NO5/c1-6-12(2)28-22(25)21-13(3)20-16(23-21)9-15(10-17(20)24)14-7-8-18(26-4)19(11-14)27-5/h7-8,11-12,15,23H,6,9-10H2,1-5H3/t12-,15-/m0/s1. The molecule has 0 spiro atoms. The summed E-state index contributed by atoms with van der Waals surface area (Å²) >= 11 is 0. The Labute approximate surface area is 165 Å². The topological polar surface area (TPSA) is 77.6 Å². The second kappa shape index (κ2) is 8.09. The van der Waals surface area contributed by atoms with Crippen LogP contribution in [0, 0.1) is 6.92 Å². The van der Waals surface area contributed by atoms with Gasteiger partial charge in [-0.1, -0.05) is 13.0 Å². The zero-order valence-corrected chi connectivity index (χ0v) is 17.0. The number of fused-ring (bicyclic) bond motifs is 1. The summed E-state index contributed by atoms with van der Waals surface area (Å²) in [4.78, 5) is 28.5. The SMILES string of the molecule is CC[C@H](C)OC(=O)c1[nH]c2c(c1C)C(=O)C[C@@H](c1ccc(OC)c(OC)c1)C2. The molecule has 0 amide bonds. The van der Waals surface area contributed by atoms with E-state index >= 15 is 0 Å². The summed E-state index contributed by atoms with van der Waals surface area (Å²) in [5.74, 6) is 0.934. The van der Waals surface area contributed by atoms with Crippen molar-refractivity contribution in [1.29, 1.82) is 0 Å². The van der Waals surface area contributed by atoms with Gasteiger partial charge >= 0.3 is 5.97 Å². The van der Waals surface area contributed by atoms with E-state index < -0.39 is 5.97 Å². The monoisotopic (exact) mass is 385 g/mol. The number of ketones is 1. The van der Waals surface area contributed by atoms with Gasteiger partial charge in [-0.05, 0) is 55.9 Å². The number of hydrogen-bond donors (Lipinski definition) is 1. The number of hydrogen-bond acceptors (Lipinski definition) is 5. The number of aromatic amines is 1. The largest absolute Gasteiger partial charge is 0.493 e. The normalized spacial score (nSPS) is 17.0. The van der Waals surface area contributed by atoms with Crippen LogP contribution >= 0.6 is 0 Å². The molecule has 0 fully saturated rings. The van der Waals surface area contributed by atoms with Crippen LogP contribution < -0.4 is 9.47 Å². The Morgan fingerprint density at radius 3 is 2.57 bits per heavy atom. The molecule has 1 aromatic carbocycles. The lowest BCUT2D eigenvalue weighted by Gasteiger charge is -2.23. The second-order valence-corrected chi connectivity index (χ2v) is 7.25. The summed E-state index contributed by atoms with van der Waals surface area (Å²) in [5, 5.41) is 0. The Morgan fingerprint density at radius 1 is 1.21 bits per heavy atom. The van der Waals surface area contributed by atoms with Crippen LogP contribution in [-0.4, -0.2) is 37.1 Å². The van der Waals surface area contributed by atoms with Crippen LogP contribution in [0.4, 0.5) is 0 Å². The van der Waals surface area contributed by atoms with Gasteiger partial charge in [0.25, 0.3) is 0 Å². The van der Waals surface area contributed by atoms with Crippen LogP contribution in [0.3, 0.4) is 0 Å². The summed E-state index contributed by atoms with van der Waals surface area (Å²) in [7, 11) is 3.19. The molecule has 0 saturated heterocycles. The van der Waals surface area contributed by atoms with Crippen molar-refractivity contribution >= 4 is 11.8 Å². The van der Waals surface area contributed by atoms with E-state index in [2.05, 4.69) is 4.98 Å². The molecule has 0 bridgehead atoms. The Morgan fingerprint density at radius 2 is 1.93 bits per heavy atom. The predicted octanol–water partition coefficient (Wildman–Crippen LogP) is 4.21. The molecule has 6 nitrogen and oxygen atoms in total. The molecular formula is C22H27NO5. The molecule has 0 radical (unpaired) electrons. The lowest BCUT2D eigenvalue weighted by molar-refractivity contribution is 0.0327. The van der Waals surface area contributed by atoms with Gasteiger partial charge in [0.15, 0.2) is 17.3 Å². The minimum atomic E-state index is -0.406. The first-order valence-corrected chi connectivity index (χ1v) is 9.57. The maximum atomic E-state index is 12.9. The van der Waals surface area contributed by atoms with Gasteiger partial charge in [0.2, 0.25) is 0 Å². The molecule has 2 aromatic rings. The maximum absolute atomic E-state index is 12.9. The van der Waals surface area contributed by atoms with Crippen LogP contribution in [0.5, 0.6) is 11.5 Å². The van der Waals surface area contributed by atoms with Gasteiger partial charge in [0.1, 0.15) is 5.69 Å². The molecule has 0 saturated carbocycles. The molecule has 3 rings (SSSR count). The number of H-pyrrole nitrogens is 1. The summed E-state index contributed by atoms with van der Waals surface area (Å²) in [6.45, 7) is 5.62. The predicted molar refractivity (Wildman–Crippen MR) is 106 cm³/mol. The van der Waals surface area contributed by atoms with Crippen molar-refractivity contribution in [2.75, 3.05) is 14.2 Å². The Balaban J connectivity index is 1.90. The molecule has 6 heteroatoms. The number of carbonyl (C=O) groups is 2. The molecular weight excluding hydrogens is 358 g/mol. The van der Waals surface area contributed by atoms with Crippen LogP contribution in [0.15, 0.2) is 18.2 Å². The number of aromatic nitrogens is 1. The van der Waals surface area contributed by atoms with Crippen molar-refractivity contribution in [3.63, 3.8) is 0 Å². The molecule has 1 N–H and O–H groups in total.